The van der Waals surface area contributed by atoms with Gasteiger partial charge in [0.1, 0.15) is 12.4 Å². The van der Waals surface area contributed by atoms with E-state index in [1.807, 2.05) is 19.1 Å². The summed E-state index contributed by atoms with van der Waals surface area (Å²) in [6.45, 7) is 4.78. The average Bonchev–Trinajstić information content (AvgIpc) is 2.94. The lowest BCUT2D eigenvalue weighted by atomic mass is 10.0. The molecule has 0 spiro atoms. The monoisotopic (exact) mass is 626 g/mol. The number of aliphatic carboxylic acids is 4. The van der Waals surface area contributed by atoms with Crippen LogP contribution in [0.4, 0.5) is 0 Å². The zero-order valence-corrected chi connectivity index (χ0v) is 25.3. The van der Waals surface area contributed by atoms with Crippen LogP contribution in [0.25, 0.3) is 0 Å². The largest absolute Gasteiger partial charge is 0.491 e. The summed E-state index contributed by atoms with van der Waals surface area (Å²) in [5, 5.41) is 38.1. The van der Waals surface area contributed by atoms with Crippen LogP contribution in [0.15, 0.2) is 24.3 Å². The van der Waals surface area contributed by atoms with Crippen LogP contribution >= 0.6 is 0 Å². The highest BCUT2D eigenvalue weighted by molar-refractivity contribution is 5.70. The first-order valence-corrected chi connectivity index (χ1v) is 14.7. The minimum Gasteiger partial charge on any atom is -0.491 e. The molecule has 0 aromatic heterocycles. The van der Waals surface area contributed by atoms with Crippen LogP contribution in [0.3, 0.4) is 0 Å². The summed E-state index contributed by atoms with van der Waals surface area (Å²) in [4.78, 5) is 53.4. The van der Waals surface area contributed by atoms with Crippen LogP contribution in [0.1, 0.15) is 12.5 Å². The van der Waals surface area contributed by atoms with E-state index in [1.165, 1.54) is 0 Å². The first-order chi connectivity index (χ1) is 21.0. The molecule has 15 nitrogen and oxygen atoms in total. The van der Waals surface area contributed by atoms with E-state index in [0.717, 1.165) is 5.56 Å². The van der Waals surface area contributed by atoms with Gasteiger partial charge in [0, 0.05) is 58.5 Å². The number of carboxylic acids is 4. The van der Waals surface area contributed by atoms with Gasteiger partial charge in [-0.25, -0.2) is 0 Å². The molecule has 4 N–H and O–H groups in total. The first-order valence-electron chi connectivity index (χ1n) is 14.7. The van der Waals surface area contributed by atoms with E-state index in [4.69, 9.17) is 14.2 Å². The molecule has 0 radical (unpaired) electrons. The quantitative estimate of drug-likeness (QED) is 0.154. The molecule has 0 unspecified atom stereocenters. The van der Waals surface area contributed by atoms with Crippen molar-refractivity contribution in [1.82, 2.24) is 19.6 Å². The second-order valence-corrected chi connectivity index (χ2v) is 10.5. The molecule has 15 heteroatoms. The molecule has 1 aromatic rings. The summed E-state index contributed by atoms with van der Waals surface area (Å²) in [6.07, 6.45) is 0.391. The molecule has 2 rings (SSSR count). The van der Waals surface area contributed by atoms with E-state index in [9.17, 15) is 39.6 Å². The molecule has 0 bridgehead atoms. The number of ether oxygens (including phenoxy) is 3. The van der Waals surface area contributed by atoms with Gasteiger partial charge in [0.05, 0.1) is 46.0 Å². The molecule has 1 aliphatic rings. The molecule has 1 saturated heterocycles. The SMILES string of the molecule is CCOCCOCCOc1ccc(C[C@H]2CN(CC(=O)O)CCN(CC(=O)O)CCN(CC(=O)O)CCN2CC(=O)O)cc1. The van der Waals surface area contributed by atoms with Crippen LogP contribution in [0.5, 0.6) is 5.75 Å². The summed E-state index contributed by atoms with van der Waals surface area (Å²) in [7, 11) is 0. The fourth-order valence-electron chi connectivity index (χ4n) is 4.93. The van der Waals surface area contributed by atoms with Gasteiger partial charge in [0.2, 0.25) is 0 Å². The number of carbonyl (C=O) groups is 4. The maximum Gasteiger partial charge on any atom is 0.317 e. The molecule has 0 amide bonds. The molecule has 0 aliphatic carbocycles. The molecule has 1 aromatic carbocycles. The van der Waals surface area contributed by atoms with Gasteiger partial charge in [-0.1, -0.05) is 12.1 Å². The lowest BCUT2D eigenvalue weighted by Crippen LogP contribution is -2.53. The Balaban J connectivity index is 2.23. The molecular formula is C29H46N4O11. The predicted octanol–water partition coefficient (Wildman–Crippen LogP) is -0.410. The van der Waals surface area contributed by atoms with Crippen LogP contribution in [0, 0.1) is 0 Å². The highest BCUT2D eigenvalue weighted by Gasteiger charge is 2.27. The normalized spacial score (nSPS) is 18.2. The van der Waals surface area contributed by atoms with Crippen LogP contribution in [-0.2, 0) is 35.1 Å². The lowest BCUT2D eigenvalue weighted by molar-refractivity contribution is -0.142. The number of hydrogen-bond acceptors (Lipinski definition) is 11. The van der Waals surface area contributed by atoms with Crippen molar-refractivity contribution >= 4 is 23.9 Å². The smallest absolute Gasteiger partial charge is 0.317 e. The summed E-state index contributed by atoms with van der Waals surface area (Å²) in [5.74, 6) is -3.56. The summed E-state index contributed by atoms with van der Waals surface area (Å²) in [6, 6.07) is 6.91. The fourth-order valence-corrected chi connectivity index (χ4v) is 4.93. The third kappa shape index (κ3) is 15.9. The number of benzene rings is 1. The van der Waals surface area contributed by atoms with Crippen molar-refractivity contribution in [2.45, 2.75) is 19.4 Å². The Kier molecular flexibility index (Phi) is 17.2. The molecule has 1 fully saturated rings. The molecule has 44 heavy (non-hydrogen) atoms. The standard InChI is InChI=1S/C29H46N4O11/c1-2-42-13-14-43-15-16-44-25-5-3-23(4-6-25)17-24-18-32(21-28(38)39)10-9-30(19-26(34)35)7-8-31(20-27(36)37)11-12-33(24)22-29(40)41/h3-6,24H,2,7-22H2,1H3,(H,34,35)(H,36,37)(H,38,39)(H,40,41)/t24-/m0/s1. The van der Waals surface area contributed by atoms with Crippen molar-refractivity contribution in [3.8, 4) is 5.75 Å². The zero-order chi connectivity index (χ0) is 32.3. The minimum atomic E-state index is -1.06. The maximum absolute atomic E-state index is 11.9. The Bertz CT molecular complexity index is 1030. The fraction of sp³-hybridized carbons (Fsp3) is 0.655. The van der Waals surface area contributed by atoms with E-state index in [-0.39, 0.29) is 72.0 Å². The lowest BCUT2D eigenvalue weighted by Gasteiger charge is -2.37. The third-order valence-corrected chi connectivity index (χ3v) is 7.04. The molecule has 1 atom stereocenters. The predicted molar refractivity (Wildman–Crippen MR) is 158 cm³/mol. The van der Waals surface area contributed by atoms with Gasteiger partial charge >= 0.3 is 23.9 Å². The third-order valence-electron chi connectivity index (χ3n) is 7.04. The Morgan fingerprint density at radius 2 is 1.14 bits per heavy atom. The second-order valence-electron chi connectivity index (χ2n) is 10.5. The number of hydrogen-bond donors (Lipinski definition) is 4. The first kappa shape index (κ1) is 36.8. The molecule has 1 aliphatic heterocycles. The van der Waals surface area contributed by atoms with Gasteiger partial charge in [-0.2, -0.15) is 0 Å². The van der Waals surface area contributed by atoms with Crippen LogP contribution < -0.4 is 4.74 Å². The van der Waals surface area contributed by atoms with Gasteiger partial charge < -0.3 is 34.6 Å². The van der Waals surface area contributed by atoms with Crippen molar-refractivity contribution in [2.75, 3.05) is 105 Å². The van der Waals surface area contributed by atoms with Gasteiger partial charge in [-0.05, 0) is 31.0 Å². The van der Waals surface area contributed by atoms with Gasteiger partial charge in [-0.15, -0.1) is 0 Å². The van der Waals surface area contributed by atoms with E-state index in [2.05, 4.69) is 0 Å². The zero-order valence-electron chi connectivity index (χ0n) is 25.3. The second kappa shape index (κ2) is 20.6. The summed E-state index contributed by atoms with van der Waals surface area (Å²) in [5.41, 5.74) is 0.878. The molecule has 0 saturated carbocycles. The van der Waals surface area contributed by atoms with Gasteiger partial charge in [-0.3, -0.25) is 38.8 Å². The number of rotatable bonds is 18. The van der Waals surface area contributed by atoms with Crippen molar-refractivity contribution < 1.29 is 53.8 Å². The average molecular weight is 627 g/mol. The van der Waals surface area contributed by atoms with E-state index >= 15 is 0 Å². The molecule has 1 heterocycles. The van der Waals surface area contributed by atoms with Crippen molar-refractivity contribution in [2.24, 2.45) is 0 Å². The van der Waals surface area contributed by atoms with Crippen molar-refractivity contribution in [3.05, 3.63) is 29.8 Å². The topological polar surface area (TPSA) is 190 Å². The Morgan fingerprint density at radius 1 is 0.659 bits per heavy atom. The molecular weight excluding hydrogens is 580 g/mol. The Hall–Kier alpha value is -3.34. The maximum atomic E-state index is 11.9. The number of nitrogens with zero attached hydrogens (tertiary/aromatic N) is 4. The number of carboxylic acid groups (broad SMARTS) is 4. The van der Waals surface area contributed by atoms with Crippen molar-refractivity contribution in [1.29, 1.82) is 0 Å². The van der Waals surface area contributed by atoms with Gasteiger partial charge in [0.25, 0.3) is 0 Å². The van der Waals surface area contributed by atoms with Crippen LogP contribution in [0.2, 0.25) is 0 Å². The summed E-state index contributed by atoms with van der Waals surface area (Å²) >= 11 is 0. The van der Waals surface area contributed by atoms with E-state index in [0.29, 0.717) is 45.2 Å². The van der Waals surface area contributed by atoms with Crippen LogP contribution in [-0.4, -0.2) is 175 Å². The van der Waals surface area contributed by atoms with Gasteiger partial charge in [0.15, 0.2) is 0 Å². The highest BCUT2D eigenvalue weighted by atomic mass is 16.5. The summed E-state index contributed by atoms with van der Waals surface area (Å²) < 4.78 is 16.4. The van der Waals surface area contributed by atoms with E-state index < -0.39 is 29.9 Å². The molecule has 248 valence electrons. The van der Waals surface area contributed by atoms with Crippen molar-refractivity contribution in [3.63, 3.8) is 0 Å². The Morgan fingerprint density at radius 3 is 1.68 bits per heavy atom. The minimum absolute atomic E-state index is 0.205. The Labute approximate surface area is 257 Å². The van der Waals surface area contributed by atoms with E-state index in [1.54, 1.807) is 31.7 Å². The highest BCUT2D eigenvalue weighted by Crippen LogP contribution is 2.17.